The van der Waals surface area contributed by atoms with E-state index in [1.165, 1.54) is 22.6 Å². The van der Waals surface area contributed by atoms with Crippen LogP contribution in [-0.4, -0.2) is 28.6 Å². The monoisotopic (exact) mass is 368 g/mol. The molecular formula is C15H14N2OTe. The molecule has 0 atom stereocenters. The van der Waals surface area contributed by atoms with Crippen molar-refractivity contribution in [2.75, 3.05) is 0 Å². The van der Waals surface area contributed by atoms with Crippen molar-refractivity contribution in [1.29, 1.82) is 0 Å². The number of nitrogens with two attached hydrogens (primary N) is 1. The van der Waals surface area contributed by atoms with Crippen LogP contribution in [0, 0.1) is 11.8 Å². The molecule has 0 spiro atoms. The Morgan fingerprint density at radius 2 is 1.21 bits per heavy atom. The zero-order valence-electron chi connectivity index (χ0n) is 10.2. The van der Waals surface area contributed by atoms with Crippen LogP contribution in [0.1, 0.15) is 11.1 Å². The van der Waals surface area contributed by atoms with E-state index in [1.54, 1.807) is 0 Å². The Hall–Kier alpha value is -1.94. The van der Waals surface area contributed by atoms with E-state index in [0.29, 0.717) is 0 Å². The van der Waals surface area contributed by atoms with Crippen LogP contribution in [0.3, 0.4) is 0 Å². The predicted molar refractivity (Wildman–Crippen MR) is 78.7 cm³/mol. The average molecular weight is 366 g/mol. The van der Waals surface area contributed by atoms with Crippen molar-refractivity contribution in [1.82, 2.24) is 3.57 Å². The molecule has 0 radical (unpaired) electrons. The molecule has 0 saturated carbocycles. The molecule has 0 fully saturated rings. The van der Waals surface area contributed by atoms with Crippen molar-refractivity contribution in [2.24, 2.45) is 5.73 Å². The van der Waals surface area contributed by atoms with Gasteiger partial charge in [0.05, 0.1) is 0 Å². The van der Waals surface area contributed by atoms with Gasteiger partial charge in [-0.3, -0.25) is 0 Å². The van der Waals surface area contributed by atoms with E-state index in [-0.39, 0.29) is 0 Å². The molecule has 2 aromatic carbocycles. The Kier molecular flexibility index (Phi) is 7.20. The second-order valence-electron chi connectivity index (χ2n) is 3.46. The summed E-state index contributed by atoms with van der Waals surface area (Å²) in [4.78, 5) is 9.49. The third-order valence-corrected chi connectivity index (χ3v) is 2.64. The molecule has 0 unspecified atom stereocenters. The molecule has 2 amide bonds. The molecule has 4 heteroatoms. The Labute approximate surface area is 126 Å². The van der Waals surface area contributed by atoms with Gasteiger partial charge in [-0.15, -0.1) is 0 Å². The van der Waals surface area contributed by atoms with E-state index < -0.39 is 6.03 Å². The summed E-state index contributed by atoms with van der Waals surface area (Å²) in [5.41, 5.74) is 6.66. The van der Waals surface area contributed by atoms with Gasteiger partial charge in [-0.25, -0.2) is 0 Å². The van der Waals surface area contributed by atoms with Crippen LogP contribution in [0.25, 0.3) is 0 Å². The summed E-state index contributed by atoms with van der Waals surface area (Å²) >= 11 is 1.18. The summed E-state index contributed by atoms with van der Waals surface area (Å²) in [5.74, 6) is 6.22. The first-order chi connectivity index (χ1) is 9.22. The van der Waals surface area contributed by atoms with Crippen molar-refractivity contribution in [3.05, 3.63) is 71.8 Å². The molecule has 0 aliphatic rings. The van der Waals surface area contributed by atoms with Crippen LogP contribution in [0.5, 0.6) is 0 Å². The number of rotatable bonds is 0. The number of benzene rings is 2. The SMILES string of the molecule is C(#Cc1ccccc1)c1ccccc1.NC(=O)N[TeH]. The first-order valence-corrected chi connectivity index (χ1v) is 6.81. The fraction of sp³-hybridized carbons (Fsp3) is 0. The number of hydrogen-bond donors (Lipinski definition) is 2. The summed E-state index contributed by atoms with van der Waals surface area (Å²) in [6.45, 7) is 0. The second-order valence-corrected chi connectivity index (χ2v) is 4.10. The molecular weight excluding hydrogens is 352 g/mol. The van der Waals surface area contributed by atoms with Gasteiger partial charge in [0.2, 0.25) is 0 Å². The number of amides is 2. The molecule has 0 bridgehead atoms. The van der Waals surface area contributed by atoms with Crippen molar-refractivity contribution < 1.29 is 4.79 Å². The minimum absolute atomic E-state index is 0.473. The van der Waals surface area contributed by atoms with Crippen molar-refractivity contribution in [2.45, 2.75) is 0 Å². The Morgan fingerprint density at radius 1 is 0.895 bits per heavy atom. The van der Waals surface area contributed by atoms with Crippen LogP contribution >= 0.6 is 0 Å². The van der Waals surface area contributed by atoms with Gasteiger partial charge < -0.3 is 0 Å². The average Bonchev–Trinajstić information content (AvgIpc) is 2.48. The van der Waals surface area contributed by atoms with Crippen molar-refractivity contribution in [3.63, 3.8) is 0 Å². The Balaban J connectivity index is 0.000000312. The molecule has 96 valence electrons. The van der Waals surface area contributed by atoms with Crippen LogP contribution in [0.2, 0.25) is 0 Å². The van der Waals surface area contributed by atoms with Crippen molar-refractivity contribution >= 4 is 28.6 Å². The topological polar surface area (TPSA) is 55.1 Å². The van der Waals surface area contributed by atoms with Gasteiger partial charge in [-0.05, 0) is 24.3 Å². The normalized spacial score (nSPS) is 8.26. The Morgan fingerprint density at radius 3 is 1.47 bits per heavy atom. The molecule has 0 aliphatic carbocycles. The van der Waals surface area contributed by atoms with Crippen LogP contribution in [-0.2, 0) is 0 Å². The first-order valence-electron chi connectivity index (χ1n) is 5.54. The minimum atomic E-state index is -0.473. The molecule has 0 aliphatic heterocycles. The van der Waals surface area contributed by atoms with E-state index in [4.69, 9.17) is 0 Å². The summed E-state index contributed by atoms with van der Waals surface area (Å²) in [6, 6.07) is 19.5. The summed E-state index contributed by atoms with van der Waals surface area (Å²) in [5, 5.41) is 0. The fourth-order valence-corrected chi connectivity index (χ4v) is 1.19. The van der Waals surface area contributed by atoms with Crippen LogP contribution in [0.4, 0.5) is 4.79 Å². The molecule has 0 heterocycles. The van der Waals surface area contributed by atoms with E-state index in [1.807, 2.05) is 60.7 Å². The first kappa shape index (κ1) is 15.1. The van der Waals surface area contributed by atoms with Gasteiger partial charge in [-0.1, -0.05) is 48.2 Å². The molecule has 0 aromatic heterocycles. The molecule has 2 aromatic rings. The second kappa shape index (κ2) is 9.05. The zero-order valence-corrected chi connectivity index (χ0v) is 12.8. The van der Waals surface area contributed by atoms with Gasteiger partial charge in [0.1, 0.15) is 0 Å². The number of nitrogens with one attached hydrogen (secondary N) is 1. The predicted octanol–water partition coefficient (Wildman–Crippen LogP) is 1.56. The van der Waals surface area contributed by atoms with Gasteiger partial charge in [-0.2, -0.15) is 0 Å². The van der Waals surface area contributed by atoms with Crippen LogP contribution < -0.4 is 9.30 Å². The van der Waals surface area contributed by atoms with Gasteiger partial charge >= 0.3 is 42.7 Å². The van der Waals surface area contributed by atoms with E-state index in [2.05, 4.69) is 21.1 Å². The molecule has 3 nitrogen and oxygen atoms in total. The fourth-order valence-electron chi connectivity index (χ4n) is 1.19. The molecule has 19 heavy (non-hydrogen) atoms. The third-order valence-electron chi connectivity index (χ3n) is 2.01. The van der Waals surface area contributed by atoms with Crippen LogP contribution in [0.15, 0.2) is 60.7 Å². The van der Waals surface area contributed by atoms with Gasteiger partial charge in [0, 0.05) is 11.1 Å². The number of urea groups is 1. The van der Waals surface area contributed by atoms with Gasteiger partial charge in [0.25, 0.3) is 0 Å². The van der Waals surface area contributed by atoms with E-state index in [0.717, 1.165) is 11.1 Å². The summed E-state index contributed by atoms with van der Waals surface area (Å²) in [6.07, 6.45) is 0. The Bertz CT molecular complexity index is 515. The standard InChI is InChI=1S/C14H10.CH4N2OTe/c1-3-7-13(8-4-1)11-12-14-9-5-2-6-10-14;2-1(4)3-5/h1-10H;5H,(H3,2,3,4). The number of carbonyl (C=O) groups excluding carboxylic acids is 1. The maximum absolute atomic E-state index is 9.49. The molecule has 2 rings (SSSR count). The summed E-state index contributed by atoms with van der Waals surface area (Å²) < 4.78 is 2.22. The maximum atomic E-state index is 9.49. The zero-order chi connectivity index (χ0) is 13.9. The van der Waals surface area contributed by atoms with Crippen molar-refractivity contribution in [3.8, 4) is 11.8 Å². The molecule has 3 N–H and O–H groups in total. The third kappa shape index (κ3) is 7.16. The molecule has 0 saturated heterocycles. The van der Waals surface area contributed by atoms with E-state index in [9.17, 15) is 4.79 Å². The summed E-state index contributed by atoms with van der Waals surface area (Å²) in [7, 11) is 0. The number of primary amides is 1. The van der Waals surface area contributed by atoms with E-state index >= 15 is 0 Å². The quantitative estimate of drug-likeness (QED) is 0.540. The number of carbonyl (C=O) groups is 1. The van der Waals surface area contributed by atoms with Gasteiger partial charge in [0.15, 0.2) is 0 Å². The number of hydrogen-bond acceptors (Lipinski definition) is 1.